The van der Waals surface area contributed by atoms with Crippen molar-refractivity contribution in [2.45, 2.75) is 27.7 Å². The second-order valence-electron chi connectivity index (χ2n) is 11.3. The van der Waals surface area contributed by atoms with Crippen LogP contribution in [0.3, 0.4) is 0 Å². The van der Waals surface area contributed by atoms with Gasteiger partial charge >= 0.3 is 18.9 Å². The molecule has 3 heteroatoms. The van der Waals surface area contributed by atoms with Crippen LogP contribution < -0.4 is 18.9 Å². The topological polar surface area (TPSA) is 34.1 Å². The van der Waals surface area contributed by atoms with Crippen LogP contribution in [-0.4, -0.2) is 11.6 Å². The number of benzene rings is 7. The first-order valence-corrected chi connectivity index (χ1v) is 16.1. The van der Waals surface area contributed by atoms with Gasteiger partial charge in [-0.2, -0.15) is 0 Å². The van der Waals surface area contributed by atoms with Crippen LogP contribution in [0.1, 0.15) is 70.7 Å². The molecule has 0 radical (unpaired) electrons. The zero-order valence-electron chi connectivity index (χ0n) is 29.4. The summed E-state index contributed by atoms with van der Waals surface area (Å²) in [5.41, 5.74) is 4.20. The van der Waals surface area contributed by atoms with Crippen molar-refractivity contribution in [1.82, 2.24) is 0 Å². The molecule has 0 saturated heterocycles. The molecule has 0 saturated carbocycles. The quantitative estimate of drug-likeness (QED) is 0.0730. The Labute approximate surface area is 312 Å². The summed E-state index contributed by atoms with van der Waals surface area (Å²) >= 11 is 0. The Balaban J connectivity index is 0.000000197. The molecule has 0 heterocycles. The summed E-state index contributed by atoms with van der Waals surface area (Å²) in [6, 6.07) is 39.8. The van der Waals surface area contributed by atoms with Gasteiger partial charge in [0.15, 0.2) is 11.6 Å². The molecule has 0 bridgehead atoms. The average Bonchev–Trinajstić information content (AvgIpc) is 3.15. The minimum absolute atomic E-state index is 0. The molecule has 2 nitrogen and oxygen atoms in total. The molecule has 1 aliphatic carbocycles. The maximum atomic E-state index is 12.5. The number of rotatable bonds is 0. The summed E-state index contributed by atoms with van der Waals surface area (Å²) in [6.07, 6.45) is 10.6. The Hall–Kier alpha value is -6.24. The fourth-order valence-electron chi connectivity index (χ4n) is 6.17. The van der Waals surface area contributed by atoms with Crippen molar-refractivity contribution in [3.63, 3.8) is 0 Å². The minimum Gasteiger partial charge on any atom is -0.694 e. The summed E-state index contributed by atoms with van der Waals surface area (Å²) in [6.45, 7) is 6.98. The summed E-state index contributed by atoms with van der Waals surface area (Å²) in [4.78, 5) is 25.1. The molecule has 0 N–H and O–H groups in total. The molecule has 51 heavy (non-hydrogen) atoms. The molecule has 0 fully saturated rings. The summed E-state index contributed by atoms with van der Waals surface area (Å²) in [7, 11) is 0. The first-order chi connectivity index (χ1) is 24.4. The second-order valence-corrected chi connectivity index (χ2v) is 11.3. The van der Waals surface area contributed by atoms with Crippen molar-refractivity contribution in [3.8, 4) is 41.9 Å². The van der Waals surface area contributed by atoms with Gasteiger partial charge in [0.05, 0.1) is 0 Å². The fourth-order valence-corrected chi connectivity index (χ4v) is 6.17. The van der Waals surface area contributed by atoms with E-state index in [9.17, 15) is 9.59 Å². The predicted molar refractivity (Wildman–Crippen MR) is 209 cm³/mol. The first kappa shape index (κ1) is 37.6. The van der Waals surface area contributed by atoms with Crippen LogP contribution in [0.4, 0.5) is 0 Å². The van der Waals surface area contributed by atoms with Gasteiger partial charge in [0.1, 0.15) is 0 Å². The van der Waals surface area contributed by atoms with Gasteiger partial charge in [-0.15, -0.1) is 24.2 Å². The van der Waals surface area contributed by atoms with E-state index in [0.717, 1.165) is 21.9 Å². The Bertz CT molecular complexity index is 2480. The van der Waals surface area contributed by atoms with Crippen LogP contribution in [0.2, 0.25) is 0 Å². The summed E-state index contributed by atoms with van der Waals surface area (Å²) < 4.78 is 0. The van der Waals surface area contributed by atoms with Gasteiger partial charge in [-0.3, -0.25) is 9.59 Å². The van der Waals surface area contributed by atoms with Crippen LogP contribution in [0.25, 0.3) is 43.1 Å². The molecule has 0 unspecified atom stereocenters. The van der Waals surface area contributed by atoms with E-state index in [1.807, 2.05) is 56.2 Å². The number of hydrogen-bond donors (Lipinski definition) is 0. The summed E-state index contributed by atoms with van der Waals surface area (Å²) in [5.74, 6) is 16.9. The molecule has 0 aliphatic heterocycles. The predicted octanol–water partition coefficient (Wildman–Crippen LogP) is 7.74. The van der Waals surface area contributed by atoms with Crippen LogP contribution in [0.5, 0.6) is 0 Å². The van der Waals surface area contributed by atoms with Crippen molar-refractivity contribution in [3.05, 3.63) is 161 Å². The number of carbonyl (C=O) groups excluding carboxylic acids is 2. The van der Waals surface area contributed by atoms with Gasteiger partial charge in [0.2, 0.25) is 0 Å². The second kappa shape index (κ2) is 17.4. The molecule has 7 aromatic carbocycles. The van der Waals surface area contributed by atoms with Crippen LogP contribution in [0.15, 0.2) is 121 Å². The van der Waals surface area contributed by atoms with Crippen molar-refractivity contribution in [2.75, 3.05) is 0 Å². The smallest absolute Gasteiger partial charge is 0.694 e. The van der Waals surface area contributed by atoms with Crippen molar-refractivity contribution in [1.29, 1.82) is 0 Å². The Morgan fingerprint density at radius 3 is 1.10 bits per heavy atom. The van der Waals surface area contributed by atoms with Gasteiger partial charge in [0.25, 0.3) is 0 Å². The van der Waals surface area contributed by atoms with Crippen molar-refractivity contribution in [2.24, 2.45) is 0 Å². The maximum Gasteiger partial charge on any atom is 1.00 e. The van der Waals surface area contributed by atoms with E-state index in [1.54, 1.807) is 38.1 Å². The normalized spacial score (nSPS) is 10.3. The molecule has 8 rings (SSSR count). The maximum absolute atomic E-state index is 12.5. The van der Waals surface area contributed by atoms with E-state index < -0.39 is 0 Å². The third kappa shape index (κ3) is 7.67. The summed E-state index contributed by atoms with van der Waals surface area (Å²) in [5, 5.41) is 9.13. The minimum atomic E-state index is -0.0686. The fraction of sp³-hybridized carbons (Fsp3) is 0.0833. The zero-order chi connectivity index (χ0) is 35.6. The molecular weight excluding hydrogens is 615 g/mol. The van der Waals surface area contributed by atoms with Gasteiger partial charge in [-0.25, -0.2) is 0 Å². The van der Waals surface area contributed by atoms with Crippen LogP contribution in [-0.2, 0) is 0 Å². The molecule has 238 valence electrons. The Morgan fingerprint density at radius 1 is 0.471 bits per heavy atom. The zero-order valence-corrected chi connectivity index (χ0v) is 29.4. The number of hydrogen-bond acceptors (Lipinski definition) is 2. The standard InChI is InChI=1S/C24H16.C18H10O2.C3H4.C3H3.Li/c1-3-9-19-21-13-7-8-14-22(21)20(10-4-2)24-16-18-12-6-5-11-17(18)15-23(19)24;19-17-13-7-3-4-8-14(13)18(20)16-10-12-6-2-1-5-11(12)9-15(16)17;2*1-3-2;/h5-8,11-16H,1-2H3;1-10H;1H,2H3;1H3;/q;;;-1;+1. The SMILES string of the molecule is C#CC.CC#Cc1c2ccccc2c(C#CC)c2cc3ccccc3cc12.O=C1c2ccccc2C(=O)c2cc3ccccc3cc21.[C-]#CC.[Li+]. The van der Waals surface area contributed by atoms with E-state index in [-0.39, 0.29) is 30.4 Å². The number of ketones is 2. The first-order valence-electron chi connectivity index (χ1n) is 16.1. The van der Waals surface area contributed by atoms with Crippen molar-refractivity contribution < 1.29 is 28.4 Å². The molecule has 7 aromatic rings. The van der Waals surface area contributed by atoms with Gasteiger partial charge in [0, 0.05) is 33.4 Å². The van der Waals surface area contributed by atoms with E-state index in [2.05, 4.69) is 96.7 Å². The average molecular weight is 649 g/mol. The molecule has 1 aliphatic rings. The van der Waals surface area contributed by atoms with Crippen molar-refractivity contribution >= 4 is 54.7 Å². The largest absolute Gasteiger partial charge is 1.00 e. The molecule has 0 spiro atoms. The molecule has 0 atom stereocenters. The van der Waals surface area contributed by atoms with E-state index in [0.29, 0.717) is 22.3 Å². The number of terminal acetylenes is 1. The van der Waals surface area contributed by atoms with E-state index in [1.165, 1.54) is 32.3 Å². The van der Waals surface area contributed by atoms with E-state index in [4.69, 9.17) is 6.42 Å². The van der Waals surface area contributed by atoms with Crippen LogP contribution in [0, 0.1) is 48.4 Å². The number of fused-ring (bicyclic) bond motifs is 6. The molecular formula is C48H33LiO2. The monoisotopic (exact) mass is 648 g/mol. The third-order valence-corrected chi connectivity index (χ3v) is 8.18. The Morgan fingerprint density at radius 2 is 0.765 bits per heavy atom. The Kier molecular flexibility index (Phi) is 12.8. The number of carbonyl (C=O) groups is 2. The third-order valence-electron chi connectivity index (χ3n) is 8.18. The molecule has 0 aromatic heterocycles. The van der Waals surface area contributed by atoms with Crippen LogP contribution >= 0.6 is 0 Å². The molecule has 0 amide bonds. The van der Waals surface area contributed by atoms with Gasteiger partial charge in [-0.05, 0) is 95.1 Å². The van der Waals surface area contributed by atoms with E-state index >= 15 is 0 Å². The van der Waals surface area contributed by atoms with Gasteiger partial charge < -0.3 is 12.3 Å². The van der Waals surface area contributed by atoms with Gasteiger partial charge in [-0.1, -0.05) is 109 Å².